The van der Waals surface area contributed by atoms with Crippen LogP contribution in [0.2, 0.25) is 0 Å². The third kappa shape index (κ3) is 6.41. The van der Waals surface area contributed by atoms with Crippen LogP contribution in [0.25, 0.3) is 11.1 Å². The molecule has 2 amide bonds. The average molecular weight is 447 g/mol. The molecule has 7 heteroatoms. The maximum Gasteiger partial charge on any atom is 0.321 e. The number of nitrogens with zero attached hydrogens (tertiary/aromatic N) is 2. The van der Waals surface area contributed by atoms with Crippen molar-refractivity contribution < 1.29 is 4.79 Å². The number of anilines is 1. The fourth-order valence-corrected chi connectivity index (χ4v) is 4.70. The van der Waals surface area contributed by atoms with E-state index in [1.54, 1.807) is 11.8 Å². The Bertz CT molecular complexity index is 1100. The smallest absolute Gasteiger partial charge is 0.321 e. The van der Waals surface area contributed by atoms with Gasteiger partial charge < -0.3 is 5.32 Å². The van der Waals surface area contributed by atoms with E-state index in [1.165, 1.54) is 33.6 Å². The number of thioether (sulfide) groups is 1. The predicted octanol–water partition coefficient (Wildman–Crippen LogP) is 5.86. The molecule has 0 bridgehead atoms. The van der Waals surface area contributed by atoms with Crippen LogP contribution in [-0.4, -0.2) is 22.8 Å². The van der Waals surface area contributed by atoms with E-state index in [0.29, 0.717) is 11.7 Å². The minimum atomic E-state index is -0.264. The molecule has 0 spiro atoms. The predicted molar refractivity (Wildman–Crippen MR) is 129 cm³/mol. The SMILES string of the molecule is O=C(NCCc1ccccc1)Nc1nnc(SCc2ccc(-c3ccccc3)cc2)s1. The first-order valence-corrected chi connectivity index (χ1v) is 11.8. The number of urea groups is 1. The number of carbonyl (C=O) groups excluding carboxylic acids is 1. The Balaban J connectivity index is 1.22. The molecule has 0 fully saturated rings. The highest BCUT2D eigenvalue weighted by Crippen LogP contribution is 2.29. The zero-order valence-corrected chi connectivity index (χ0v) is 18.5. The van der Waals surface area contributed by atoms with Crippen LogP contribution < -0.4 is 10.6 Å². The van der Waals surface area contributed by atoms with Crippen molar-refractivity contribution in [3.8, 4) is 11.1 Å². The second-order valence-electron chi connectivity index (χ2n) is 6.84. The van der Waals surface area contributed by atoms with Crippen LogP contribution >= 0.6 is 23.1 Å². The summed E-state index contributed by atoms with van der Waals surface area (Å²) < 4.78 is 0.826. The summed E-state index contributed by atoms with van der Waals surface area (Å²) in [5.41, 5.74) is 4.82. The van der Waals surface area contributed by atoms with Gasteiger partial charge >= 0.3 is 6.03 Å². The molecular weight excluding hydrogens is 424 g/mol. The van der Waals surface area contributed by atoms with Crippen LogP contribution in [0.4, 0.5) is 9.93 Å². The highest BCUT2D eigenvalue weighted by molar-refractivity contribution is 8.00. The minimum Gasteiger partial charge on any atom is -0.337 e. The summed E-state index contributed by atoms with van der Waals surface area (Å²) in [6.45, 7) is 0.565. The minimum absolute atomic E-state index is 0.264. The van der Waals surface area contributed by atoms with E-state index in [1.807, 2.05) is 48.5 Å². The van der Waals surface area contributed by atoms with E-state index >= 15 is 0 Å². The van der Waals surface area contributed by atoms with Crippen molar-refractivity contribution in [2.24, 2.45) is 0 Å². The number of aromatic nitrogens is 2. The lowest BCUT2D eigenvalue weighted by Crippen LogP contribution is -2.30. The van der Waals surface area contributed by atoms with Crippen molar-refractivity contribution >= 4 is 34.3 Å². The van der Waals surface area contributed by atoms with E-state index < -0.39 is 0 Å². The van der Waals surface area contributed by atoms with Gasteiger partial charge in [0.25, 0.3) is 0 Å². The molecule has 0 aliphatic rings. The molecule has 0 saturated heterocycles. The number of rotatable bonds is 8. The Morgan fingerprint density at radius 3 is 2.23 bits per heavy atom. The van der Waals surface area contributed by atoms with Crippen LogP contribution in [0.3, 0.4) is 0 Å². The first-order chi connectivity index (χ1) is 15.3. The number of nitrogens with one attached hydrogen (secondary N) is 2. The lowest BCUT2D eigenvalue weighted by molar-refractivity contribution is 0.252. The number of hydrogen-bond donors (Lipinski definition) is 2. The van der Waals surface area contributed by atoms with Crippen LogP contribution in [0.5, 0.6) is 0 Å². The summed E-state index contributed by atoms with van der Waals surface area (Å²) in [5.74, 6) is 0.799. The maximum absolute atomic E-state index is 12.1. The first-order valence-electron chi connectivity index (χ1n) is 9.96. The van der Waals surface area contributed by atoms with Gasteiger partial charge in [0.2, 0.25) is 5.13 Å². The molecule has 4 rings (SSSR count). The third-order valence-electron chi connectivity index (χ3n) is 4.59. The van der Waals surface area contributed by atoms with E-state index in [9.17, 15) is 4.79 Å². The zero-order valence-electron chi connectivity index (χ0n) is 16.8. The Labute approximate surface area is 189 Å². The second-order valence-corrected chi connectivity index (χ2v) is 9.04. The average Bonchev–Trinajstić information content (AvgIpc) is 3.26. The van der Waals surface area contributed by atoms with Crippen LogP contribution in [0.15, 0.2) is 89.3 Å². The van der Waals surface area contributed by atoms with Crippen molar-refractivity contribution in [3.05, 3.63) is 96.1 Å². The molecule has 4 aromatic rings. The van der Waals surface area contributed by atoms with Gasteiger partial charge in [0.05, 0.1) is 0 Å². The molecule has 2 N–H and O–H groups in total. The lowest BCUT2D eigenvalue weighted by atomic mass is 10.0. The molecule has 1 aromatic heterocycles. The van der Waals surface area contributed by atoms with Crippen LogP contribution in [0.1, 0.15) is 11.1 Å². The van der Waals surface area contributed by atoms with Crippen LogP contribution in [-0.2, 0) is 12.2 Å². The van der Waals surface area contributed by atoms with E-state index in [-0.39, 0.29) is 6.03 Å². The molecule has 3 aromatic carbocycles. The zero-order chi connectivity index (χ0) is 21.3. The molecule has 156 valence electrons. The van der Waals surface area contributed by atoms with Gasteiger partial charge in [-0.05, 0) is 28.7 Å². The van der Waals surface area contributed by atoms with Crippen molar-refractivity contribution in [2.45, 2.75) is 16.5 Å². The van der Waals surface area contributed by atoms with Gasteiger partial charge in [-0.1, -0.05) is 108 Å². The molecule has 0 radical (unpaired) electrons. The van der Waals surface area contributed by atoms with Crippen molar-refractivity contribution in [1.29, 1.82) is 0 Å². The standard InChI is InChI=1S/C24H22N4OS2/c29-22(25-16-15-18-7-3-1-4-8-18)26-23-27-28-24(31-23)30-17-19-11-13-21(14-12-19)20-9-5-2-6-10-20/h1-14H,15-17H2,(H2,25,26,27,29). The molecule has 0 saturated carbocycles. The summed E-state index contributed by atoms with van der Waals surface area (Å²) in [5, 5.41) is 14.3. The Morgan fingerprint density at radius 1 is 0.806 bits per heavy atom. The van der Waals surface area contributed by atoms with Gasteiger partial charge in [0, 0.05) is 12.3 Å². The fraction of sp³-hybridized carbons (Fsp3) is 0.125. The monoisotopic (exact) mass is 446 g/mol. The molecule has 0 atom stereocenters. The largest absolute Gasteiger partial charge is 0.337 e. The number of hydrogen-bond acceptors (Lipinski definition) is 5. The van der Waals surface area contributed by atoms with E-state index in [4.69, 9.17) is 0 Å². The molecule has 0 aliphatic heterocycles. The Hall–Kier alpha value is -3.16. The van der Waals surface area contributed by atoms with Crippen molar-refractivity contribution in [2.75, 3.05) is 11.9 Å². The maximum atomic E-state index is 12.1. The van der Waals surface area contributed by atoms with E-state index in [2.05, 4.69) is 57.2 Å². The molecule has 0 unspecified atom stereocenters. The van der Waals surface area contributed by atoms with Gasteiger partial charge in [0.1, 0.15) is 0 Å². The van der Waals surface area contributed by atoms with Crippen molar-refractivity contribution in [1.82, 2.24) is 15.5 Å². The molecule has 0 aliphatic carbocycles. The normalized spacial score (nSPS) is 10.6. The quantitative estimate of drug-likeness (QED) is 0.263. The molecular formula is C24H22N4OS2. The summed E-state index contributed by atoms with van der Waals surface area (Å²) in [7, 11) is 0. The van der Waals surface area contributed by atoms with E-state index in [0.717, 1.165) is 16.5 Å². The van der Waals surface area contributed by atoms with Crippen molar-refractivity contribution in [3.63, 3.8) is 0 Å². The van der Waals surface area contributed by atoms with Gasteiger partial charge in [-0.25, -0.2) is 4.79 Å². The number of benzene rings is 3. The Morgan fingerprint density at radius 2 is 1.48 bits per heavy atom. The fourth-order valence-electron chi connectivity index (χ4n) is 2.99. The highest BCUT2D eigenvalue weighted by Gasteiger charge is 2.09. The number of carbonyl (C=O) groups is 1. The third-order valence-corrected chi connectivity index (χ3v) is 6.64. The first kappa shape index (κ1) is 21.1. The molecule has 31 heavy (non-hydrogen) atoms. The highest BCUT2D eigenvalue weighted by atomic mass is 32.2. The topological polar surface area (TPSA) is 66.9 Å². The van der Waals surface area contributed by atoms with Gasteiger partial charge in [-0.15, -0.1) is 10.2 Å². The Kier molecular flexibility index (Phi) is 7.31. The van der Waals surface area contributed by atoms with Gasteiger partial charge in [0.15, 0.2) is 4.34 Å². The summed E-state index contributed by atoms with van der Waals surface area (Å²) in [6.07, 6.45) is 0.786. The molecule has 1 heterocycles. The van der Waals surface area contributed by atoms with Gasteiger partial charge in [-0.2, -0.15) is 0 Å². The summed E-state index contributed by atoms with van der Waals surface area (Å²) >= 11 is 2.99. The lowest BCUT2D eigenvalue weighted by Gasteiger charge is -2.05. The number of amides is 2. The molecule has 5 nitrogen and oxygen atoms in total. The van der Waals surface area contributed by atoms with Gasteiger partial charge in [-0.3, -0.25) is 5.32 Å². The second kappa shape index (κ2) is 10.7. The summed E-state index contributed by atoms with van der Waals surface area (Å²) in [4.78, 5) is 12.1. The van der Waals surface area contributed by atoms with Crippen LogP contribution in [0, 0.1) is 0 Å². The summed E-state index contributed by atoms with van der Waals surface area (Å²) in [6, 6.07) is 28.7.